The van der Waals surface area contributed by atoms with Gasteiger partial charge in [0.1, 0.15) is 78.9 Å². The second-order valence-electron chi connectivity index (χ2n) is 31.8. The van der Waals surface area contributed by atoms with Gasteiger partial charge < -0.3 is 37.9 Å². The van der Waals surface area contributed by atoms with Gasteiger partial charge in [-0.3, -0.25) is 59.2 Å². The molecule has 0 bridgehead atoms. The summed E-state index contributed by atoms with van der Waals surface area (Å²) in [7, 11) is -83.9. The first-order valence-corrected chi connectivity index (χ1v) is 55.1. The molecule has 76 heteroatoms. The fraction of sp³-hybridized carbons (Fsp3) is 0.963. The molecule has 1 aromatic rings. The quantitative estimate of drug-likeness (QED) is 0.0282. The van der Waals surface area contributed by atoms with Crippen molar-refractivity contribution in [3.05, 3.63) is 11.9 Å². The SMILES string of the molecule is CC(C)CCC[C@@H](C)[C@H]1CC[C@H]2[C@@H]3CC[C@H]4C[C@@H](OCc5cn([C@@H]6O[C@H](COS(=O)(=O)O)[C@@H](O[C@H]7O[C@H](COS(=O)(=O)O)[C@@H](O[C@H]8O[C@H](COS(=O)(=O)O)[C@@H](O[C@H]9O[C@H](COS(=O)(=O)O)[C@@H](OS(=O)(=O)O)[C@H](OS(=O)(=O)O)[C@H]9OS(=O)(=O)O)[C@H](OS(=O)(=O)O)[C@H]8OS(=O)(=O)O)[C@H](OS(=O)(=O)O)[C@H]7OS(=O)(=O)O)[C@H](OS(=O)(=O)O)[C@H]6OS(=O)(=O)O)nn5)CC[C@]4(C)[C@H]3CC[C@]12C. The Bertz CT molecular complexity index is 5720. The summed E-state index contributed by atoms with van der Waals surface area (Å²) in [4.78, 5) is 0. The van der Waals surface area contributed by atoms with Gasteiger partial charge in [-0.25, -0.2) is 59.1 Å². The molecule has 130 heavy (non-hydrogen) atoms. The van der Waals surface area contributed by atoms with Crippen molar-refractivity contribution in [1.29, 1.82) is 0 Å². The Morgan fingerprint density at radius 2 is 0.708 bits per heavy atom. The molecule has 1 aromatic heterocycles. The average molecular weight is 2160 g/mol. The second-order valence-corrected chi connectivity index (χ2v) is 45.6. The maximum atomic E-state index is 13.2. The van der Waals surface area contributed by atoms with Crippen LogP contribution in [-0.4, -0.2) is 333 Å². The minimum atomic E-state index is -6.80. The van der Waals surface area contributed by atoms with E-state index in [0.29, 0.717) is 53.0 Å². The zero-order valence-corrected chi connectivity index (χ0v) is 77.5. The minimum absolute atomic E-state index is 0.0846. The van der Waals surface area contributed by atoms with Gasteiger partial charge in [-0.15, -0.1) is 5.10 Å². The highest BCUT2D eigenvalue weighted by Gasteiger charge is 2.65. The van der Waals surface area contributed by atoms with Crippen LogP contribution in [0.5, 0.6) is 0 Å². The summed E-state index contributed by atoms with van der Waals surface area (Å²) in [6.07, 6.45) is -59.1. The Morgan fingerprint density at radius 3 is 1.08 bits per heavy atom. The minimum Gasteiger partial charge on any atom is -0.372 e. The smallest absolute Gasteiger partial charge is 0.372 e. The van der Waals surface area contributed by atoms with Crippen molar-refractivity contribution in [2.75, 3.05) is 26.4 Å². The lowest BCUT2D eigenvalue weighted by atomic mass is 9.44. The van der Waals surface area contributed by atoms with Crippen molar-refractivity contribution in [2.24, 2.45) is 52.3 Å². The highest BCUT2D eigenvalue weighted by molar-refractivity contribution is 7.83. The van der Waals surface area contributed by atoms with Crippen LogP contribution in [-0.2, 0) is 234 Å². The second kappa shape index (κ2) is 41.5. The van der Waals surface area contributed by atoms with Crippen molar-refractivity contribution in [3.8, 4) is 0 Å². The third kappa shape index (κ3) is 32.3. The predicted octanol–water partition coefficient (Wildman–Crippen LogP) is -3.52. The lowest BCUT2D eigenvalue weighted by Crippen LogP contribution is -2.69. The molecule has 8 aliphatic rings. The normalized spacial score (nSPS) is 36.0. The summed E-state index contributed by atoms with van der Waals surface area (Å²) in [5, 5.41) is 7.77. The molecule has 63 nitrogen and oxygen atoms in total. The lowest BCUT2D eigenvalue weighted by molar-refractivity contribution is -0.376. The van der Waals surface area contributed by atoms with Crippen LogP contribution in [0.2, 0.25) is 0 Å². The summed E-state index contributed by atoms with van der Waals surface area (Å²) < 4.78 is 562. The molecule has 760 valence electrons. The molecular formula is C54H91N3O60S13. The molecule has 5 heterocycles. The van der Waals surface area contributed by atoms with Crippen molar-refractivity contribution in [1.82, 2.24) is 15.0 Å². The topological polar surface area (TPSA) is 931 Å². The van der Waals surface area contributed by atoms with E-state index < -0.39 is 297 Å². The van der Waals surface area contributed by atoms with Gasteiger partial charge >= 0.3 is 135 Å². The number of aromatic nitrogens is 3. The van der Waals surface area contributed by atoms with Crippen LogP contribution in [0.1, 0.15) is 124 Å². The highest BCUT2D eigenvalue weighted by atomic mass is 32.3. The van der Waals surface area contributed by atoms with Gasteiger partial charge in [-0.2, -0.15) is 109 Å². The Labute approximate surface area is 743 Å². The van der Waals surface area contributed by atoms with Crippen LogP contribution in [0.15, 0.2) is 6.20 Å². The lowest BCUT2D eigenvalue weighted by Gasteiger charge is -2.61. The number of hydrogen-bond donors (Lipinski definition) is 13. The van der Waals surface area contributed by atoms with Gasteiger partial charge in [-0.05, 0) is 110 Å². The molecular weight excluding hydrogens is 2070 g/mol. The number of ether oxygens (including phenoxy) is 8. The molecule has 0 amide bonds. The molecule has 0 radical (unpaired) electrons. The van der Waals surface area contributed by atoms with E-state index in [4.69, 9.17) is 46.3 Å². The van der Waals surface area contributed by atoms with Crippen LogP contribution in [0.3, 0.4) is 0 Å². The predicted molar refractivity (Wildman–Crippen MR) is 404 cm³/mol. The molecule has 9 rings (SSSR count). The van der Waals surface area contributed by atoms with Crippen LogP contribution >= 0.6 is 0 Å². The Kier molecular flexibility index (Phi) is 35.4. The third-order valence-corrected chi connectivity index (χ3v) is 28.9. The summed E-state index contributed by atoms with van der Waals surface area (Å²) in [6.45, 7) is 2.14. The molecule has 4 saturated heterocycles. The van der Waals surface area contributed by atoms with E-state index in [1.807, 2.05) is 0 Å². The van der Waals surface area contributed by atoms with E-state index >= 15 is 0 Å². The molecule has 0 unspecified atom stereocenters. The van der Waals surface area contributed by atoms with Gasteiger partial charge in [0.25, 0.3) is 0 Å². The van der Waals surface area contributed by atoms with Crippen LogP contribution in [0.4, 0.5) is 0 Å². The zero-order chi connectivity index (χ0) is 97.8. The Morgan fingerprint density at radius 1 is 0.377 bits per heavy atom. The molecule has 0 spiro atoms. The van der Waals surface area contributed by atoms with Gasteiger partial charge in [0.2, 0.25) is 0 Å². The monoisotopic (exact) mass is 2160 g/mol. The molecule has 13 N–H and O–H groups in total. The van der Waals surface area contributed by atoms with Crippen LogP contribution in [0, 0.1) is 52.3 Å². The summed E-state index contributed by atoms with van der Waals surface area (Å²) in [5.74, 6) is 3.39. The van der Waals surface area contributed by atoms with E-state index in [2.05, 4.69) is 90.9 Å². The van der Waals surface area contributed by atoms with E-state index in [0.717, 1.165) is 70.4 Å². The Balaban J connectivity index is 1.11. The summed E-state index contributed by atoms with van der Waals surface area (Å²) in [6, 6.07) is 0. The van der Waals surface area contributed by atoms with Gasteiger partial charge in [0.15, 0.2) is 49.5 Å². The first kappa shape index (κ1) is 111. The van der Waals surface area contributed by atoms with Gasteiger partial charge in [0, 0.05) is 0 Å². The molecule has 4 aliphatic heterocycles. The van der Waals surface area contributed by atoms with Crippen molar-refractivity contribution < 1.29 is 261 Å². The first-order chi connectivity index (χ1) is 58.9. The largest absolute Gasteiger partial charge is 0.397 e. The number of fused-ring (bicyclic) bond motifs is 5. The molecule has 4 saturated carbocycles. The van der Waals surface area contributed by atoms with Crippen LogP contribution in [0.25, 0.3) is 0 Å². The number of rotatable bonds is 45. The number of nitrogens with zero attached hydrogens (tertiary/aromatic N) is 3. The molecule has 8 fully saturated rings. The Hall–Kier alpha value is -2.87. The van der Waals surface area contributed by atoms with Gasteiger partial charge in [-0.1, -0.05) is 59.1 Å². The average Bonchev–Trinajstić information content (AvgIpc) is 1.52. The fourth-order valence-electron chi connectivity index (χ4n) is 18.5. The van der Waals surface area contributed by atoms with E-state index in [1.165, 1.54) is 0 Å². The van der Waals surface area contributed by atoms with Gasteiger partial charge in [0.05, 0.1) is 45.3 Å². The molecule has 29 atom stereocenters. The summed E-state index contributed by atoms with van der Waals surface area (Å²) in [5.41, 5.74) is -0.126. The summed E-state index contributed by atoms with van der Waals surface area (Å²) >= 11 is 0. The van der Waals surface area contributed by atoms with E-state index in [-0.39, 0.29) is 22.4 Å². The maximum Gasteiger partial charge on any atom is 0.397 e. The molecule has 4 aliphatic carbocycles. The van der Waals surface area contributed by atoms with Crippen LogP contribution < -0.4 is 0 Å². The molecule has 0 aromatic carbocycles. The van der Waals surface area contributed by atoms with Crippen molar-refractivity contribution >= 4 is 135 Å². The first-order valence-electron chi connectivity index (χ1n) is 37.4. The number of hydrogen-bond acceptors (Lipinski definition) is 49. The maximum absolute atomic E-state index is 13.2. The fourth-order valence-corrected chi connectivity index (χ4v) is 24.2. The van der Waals surface area contributed by atoms with Crippen molar-refractivity contribution in [3.63, 3.8) is 0 Å². The zero-order valence-electron chi connectivity index (χ0n) is 66.9. The van der Waals surface area contributed by atoms with E-state index in [9.17, 15) is 169 Å². The third-order valence-electron chi connectivity index (χ3n) is 23.0. The van der Waals surface area contributed by atoms with E-state index in [1.54, 1.807) is 0 Å². The highest BCUT2D eigenvalue weighted by Crippen LogP contribution is 2.69. The van der Waals surface area contributed by atoms with Crippen molar-refractivity contribution in [2.45, 2.75) is 247 Å². The standard InChI is InChI=1S/C54H91N3O60S13/c1-24(2)7-6-8-25(3)30-11-12-31-29-10-9-26-17-28(13-15-53(26,4)32(29)14-16-54(30,31)5)97-19-27-18-57(56-55-27)49-45(114-127(85,86)87)41(110-123(73,74)75)37(33(102-49)20-98-118(58,59)60)106-50-46(115-128(88,89)90)42(111-124(76,77)78)38(34(103-50)21-99-119(61,62)63)107-51-47(116-129(91,92)93)43(112-125(79,80)81)39(35(104-51)22-100-120(64,65)66)108-52-48(117-130(94,95)96)44(113-126(82,83)84)40(109-122(70,71)72)36(105-52)23-101-121(67,68)69/h18,24-26,28-52H,6-17,19-23H2,1-5H3,(H,58,59,60)(H,61,62,63)(H,64,65,66)(H,67,68,69)(H,70,71,72)(H,73,74,75)(H,76,77,78)(H,79,80,81)(H,82,83,84)(H,85,86,87)(H,88,89,90)(H,91,92,93)(H,94,95,96)/t25-,26+,28+,29+,30-,31+,32+,33-,34-,35-,36-,37-,38-,39-,40-,41+,42+,43+,44+,45-,46-,47-,48-,49-,50-,51-,52-,53+,54-/m1/s1.